The van der Waals surface area contributed by atoms with Gasteiger partial charge in [-0.2, -0.15) is 0 Å². The van der Waals surface area contributed by atoms with Gasteiger partial charge in [-0.1, -0.05) is 0 Å². The number of amides is 1. The summed E-state index contributed by atoms with van der Waals surface area (Å²) in [5.74, 6) is -1.40. The molecule has 0 aromatic carbocycles. The summed E-state index contributed by atoms with van der Waals surface area (Å²) in [6.07, 6.45) is 0.131. The molecule has 0 aromatic rings. The standard InChI is InChI=1S/C15H26N2O5/c1-15(2,3)22-14(20)17-9-11(13(18)19)8-12(10-17)16-4-6-21-7-5-16/h11-12H,4-10H2,1-3H3,(H,18,19)/t11-,12+/m0/s1. The predicted octanol–water partition coefficient (Wildman–Crippen LogP) is 1.03. The van der Waals surface area contributed by atoms with Crippen LogP contribution in [0.1, 0.15) is 27.2 Å². The number of nitrogens with zero attached hydrogens (tertiary/aromatic N) is 2. The number of hydrogen-bond acceptors (Lipinski definition) is 5. The topological polar surface area (TPSA) is 79.3 Å². The molecule has 2 atom stereocenters. The zero-order valence-corrected chi connectivity index (χ0v) is 13.6. The molecule has 0 aliphatic carbocycles. The molecule has 126 valence electrons. The van der Waals surface area contributed by atoms with Gasteiger partial charge in [0.2, 0.25) is 0 Å². The average Bonchev–Trinajstić information content (AvgIpc) is 2.46. The van der Waals surface area contributed by atoms with Gasteiger partial charge in [-0.3, -0.25) is 9.69 Å². The maximum atomic E-state index is 12.3. The molecule has 2 aliphatic heterocycles. The Labute approximate surface area is 131 Å². The fourth-order valence-corrected chi connectivity index (χ4v) is 2.93. The normalized spacial score (nSPS) is 27.5. The summed E-state index contributed by atoms with van der Waals surface area (Å²) in [6.45, 7) is 9.01. The first-order valence-corrected chi connectivity index (χ1v) is 7.79. The van der Waals surface area contributed by atoms with Crippen LogP contribution in [0.25, 0.3) is 0 Å². The van der Waals surface area contributed by atoms with Gasteiger partial charge < -0.3 is 19.5 Å². The molecule has 2 rings (SSSR count). The number of carboxylic acid groups (broad SMARTS) is 1. The summed E-state index contributed by atoms with van der Waals surface area (Å²) in [7, 11) is 0. The lowest BCUT2D eigenvalue weighted by atomic mass is 9.93. The number of hydrogen-bond donors (Lipinski definition) is 1. The molecule has 2 fully saturated rings. The van der Waals surface area contributed by atoms with Crippen molar-refractivity contribution in [2.75, 3.05) is 39.4 Å². The molecular formula is C15H26N2O5. The van der Waals surface area contributed by atoms with E-state index in [2.05, 4.69) is 4.90 Å². The summed E-state index contributed by atoms with van der Waals surface area (Å²) in [5.41, 5.74) is -0.582. The molecule has 2 saturated heterocycles. The number of morpholine rings is 1. The van der Waals surface area contributed by atoms with Gasteiger partial charge in [-0.05, 0) is 27.2 Å². The quantitative estimate of drug-likeness (QED) is 0.820. The third-order valence-electron chi connectivity index (χ3n) is 3.99. The highest BCUT2D eigenvalue weighted by molar-refractivity contribution is 5.73. The molecule has 22 heavy (non-hydrogen) atoms. The molecule has 7 heteroatoms. The van der Waals surface area contributed by atoms with Crippen molar-refractivity contribution in [1.29, 1.82) is 0 Å². The Hall–Kier alpha value is -1.34. The van der Waals surface area contributed by atoms with Crippen LogP contribution < -0.4 is 0 Å². The van der Waals surface area contributed by atoms with Crippen LogP contribution in [0.5, 0.6) is 0 Å². The highest BCUT2D eigenvalue weighted by atomic mass is 16.6. The number of carbonyl (C=O) groups is 2. The predicted molar refractivity (Wildman–Crippen MR) is 79.7 cm³/mol. The first-order chi connectivity index (χ1) is 10.3. The van der Waals surface area contributed by atoms with Gasteiger partial charge in [0.05, 0.1) is 19.1 Å². The van der Waals surface area contributed by atoms with Crippen molar-refractivity contribution in [1.82, 2.24) is 9.80 Å². The molecular weight excluding hydrogens is 288 g/mol. The van der Waals surface area contributed by atoms with Gasteiger partial charge >= 0.3 is 12.1 Å². The third-order valence-corrected chi connectivity index (χ3v) is 3.99. The van der Waals surface area contributed by atoms with Crippen LogP contribution in [0.2, 0.25) is 0 Å². The first kappa shape index (κ1) is 17.0. The Morgan fingerprint density at radius 1 is 1.18 bits per heavy atom. The summed E-state index contributed by atoms with van der Waals surface area (Å²) in [4.78, 5) is 27.4. The van der Waals surface area contributed by atoms with Crippen LogP contribution in [-0.4, -0.2) is 78.0 Å². The molecule has 2 aliphatic rings. The van der Waals surface area contributed by atoms with Gasteiger partial charge in [0, 0.05) is 32.2 Å². The summed E-state index contributed by atoms with van der Waals surface area (Å²) >= 11 is 0. The van der Waals surface area contributed by atoms with E-state index in [9.17, 15) is 14.7 Å². The lowest BCUT2D eigenvalue weighted by molar-refractivity contribution is -0.144. The molecule has 1 amide bonds. The van der Waals surface area contributed by atoms with Crippen molar-refractivity contribution in [3.05, 3.63) is 0 Å². The molecule has 0 bridgehead atoms. The second-order valence-corrected chi connectivity index (χ2v) is 6.96. The third kappa shape index (κ3) is 4.58. The summed E-state index contributed by atoms with van der Waals surface area (Å²) in [5, 5.41) is 9.36. The van der Waals surface area contributed by atoms with Gasteiger partial charge in [0.15, 0.2) is 0 Å². The number of piperidine rings is 1. The number of rotatable bonds is 2. The smallest absolute Gasteiger partial charge is 0.410 e. The zero-order chi connectivity index (χ0) is 16.3. The molecule has 0 saturated carbocycles. The Kier molecular flexibility index (Phi) is 5.28. The van der Waals surface area contributed by atoms with Crippen molar-refractivity contribution in [3.63, 3.8) is 0 Å². The van der Waals surface area contributed by atoms with E-state index in [1.165, 1.54) is 4.90 Å². The van der Waals surface area contributed by atoms with Crippen molar-refractivity contribution >= 4 is 12.1 Å². The number of ether oxygens (including phenoxy) is 2. The minimum Gasteiger partial charge on any atom is -0.481 e. The molecule has 7 nitrogen and oxygen atoms in total. The van der Waals surface area contributed by atoms with Crippen molar-refractivity contribution < 1.29 is 24.2 Å². The van der Waals surface area contributed by atoms with E-state index in [1.54, 1.807) is 0 Å². The van der Waals surface area contributed by atoms with Gasteiger partial charge in [0.1, 0.15) is 5.60 Å². The Balaban J connectivity index is 2.05. The van der Waals surface area contributed by atoms with E-state index in [4.69, 9.17) is 9.47 Å². The summed E-state index contributed by atoms with van der Waals surface area (Å²) in [6, 6.07) is 0.0475. The van der Waals surface area contributed by atoms with Crippen LogP contribution in [0, 0.1) is 5.92 Å². The van der Waals surface area contributed by atoms with E-state index in [-0.39, 0.29) is 12.6 Å². The number of likely N-dealkylation sites (tertiary alicyclic amines) is 1. The maximum absolute atomic E-state index is 12.3. The number of carbonyl (C=O) groups excluding carboxylic acids is 1. The second kappa shape index (κ2) is 6.83. The minimum atomic E-state index is -0.855. The number of aliphatic carboxylic acids is 1. The van der Waals surface area contributed by atoms with Crippen LogP contribution in [0.4, 0.5) is 4.79 Å². The highest BCUT2D eigenvalue weighted by Gasteiger charge is 2.38. The van der Waals surface area contributed by atoms with E-state index < -0.39 is 23.6 Å². The molecule has 2 heterocycles. The SMILES string of the molecule is CC(C)(C)OC(=O)N1C[C@@H](C(=O)O)C[C@@H](N2CCOCC2)C1. The lowest BCUT2D eigenvalue weighted by Crippen LogP contribution is -2.56. The Morgan fingerprint density at radius 3 is 2.36 bits per heavy atom. The monoisotopic (exact) mass is 314 g/mol. The lowest BCUT2D eigenvalue weighted by Gasteiger charge is -2.42. The fourth-order valence-electron chi connectivity index (χ4n) is 2.93. The highest BCUT2D eigenvalue weighted by Crippen LogP contribution is 2.24. The fraction of sp³-hybridized carbons (Fsp3) is 0.867. The average molecular weight is 314 g/mol. The Morgan fingerprint density at radius 2 is 1.82 bits per heavy atom. The molecule has 1 N–H and O–H groups in total. The number of carboxylic acids is 1. The first-order valence-electron chi connectivity index (χ1n) is 7.79. The van der Waals surface area contributed by atoms with Crippen molar-refractivity contribution in [3.8, 4) is 0 Å². The van der Waals surface area contributed by atoms with Gasteiger partial charge in [-0.15, -0.1) is 0 Å². The minimum absolute atomic E-state index is 0.0475. The van der Waals surface area contributed by atoms with Crippen LogP contribution in [-0.2, 0) is 14.3 Å². The van der Waals surface area contributed by atoms with Gasteiger partial charge in [-0.25, -0.2) is 4.79 Å². The van der Waals surface area contributed by atoms with E-state index in [0.29, 0.717) is 26.2 Å². The van der Waals surface area contributed by atoms with E-state index in [0.717, 1.165) is 13.1 Å². The van der Waals surface area contributed by atoms with E-state index in [1.807, 2.05) is 20.8 Å². The van der Waals surface area contributed by atoms with Crippen molar-refractivity contribution in [2.24, 2.45) is 5.92 Å². The largest absolute Gasteiger partial charge is 0.481 e. The van der Waals surface area contributed by atoms with Crippen LogP contribution in [0.3, 0.4) is 0 Å². The molecule has 0 radical (unpaired) electrons. The van der Waals surface area contributed by atoms with E-state index >= 15 is 0 Å². The summed E-state index contributed by atoms with van der Waals surface area (Å²) < 4.78 is 10.7. The molecule has 0 aromatic heterocycles. The van der Waals surface area contributed by atoms with Gasteiger partial charge in [0.25, 0.3) is 0 Å². The zero-order valence-electron chi connectivity index (χ0n) is 13.6. The second-order valence-electron chi connectivity index (χ2n) is 6.96. The van der Waals surface area contributed by atoms with Crippen LogP contribution in [0.15, 0.2) is 0 Å². The molecule has 0 spiro atoms. The van der Waals surface area contributed by atoms with Crippen LogP contribution >= 0.6 is 0 Å². The maximum Gasteiger partial charge on any atom is 0.410 e. The molecule has 0 unspecified atom stereocenters. The van der Waals surface area contributed by atoms with Crippen molar-refractivity contribution in [2.45, 2.75) is 38.8 Å². The Bertz CT molecular complexity index is 415.